The number of likely N-dealkylation sites (N-methyl/N-ethyl adjacent to an activating group) is 1. The highest BCUT2D eigenvalue weighted by molar-refractivity contribution is 6.31. The van der Waals surface area contributed by atoms with Gasteiger partial charge in [0.05, 0.1) is 0 Å². The van der Waals surface area contributed by atoms with E-state index in [0.717, 1.165) is 16.7 Å². The minimum Gasteiger partial charge on any atom is -0.337 e. The summed E-state index contributed by atoms with van der Waals surface area (Å²) in [5.41, 5.74) is 9.03. The Morgan fingerprint density at radius 1 is 1.18 bits per heavy atom. The van der Waals surface area contributed by atoms with Crippen LogP contribution < -0.4 is 5.73 Å². The summed E-state index contributed by atoms with van der Waals surface area (Å²) in [6, 6.07) is 14.6. The molecule has 1 unspecified atom stereocenters. The molecule has 116 valence electrons. The Morgan fingerprint density at radius 3 is 2.41 bits per heavy atom. The lowest BCUT2D eigenvalue weighted by molar-refractivity contribution is -0.133. The molecule has 0 heterocycles. The lowest BCUT2D eigenvalue weighted by atomic mass is 10.0. The van der Waals surface area contributed by atoms with E-state index in [-0.39, 0.29) is 5.91 Å². The maximum Gasteiger partial charge on any atom is 0.244 e. The number of carbonyl (C=O) groups excluding carboxylic acids is 1. The van der Waals surface area contributed by atoms with Crippen molar-refractivity contribution in [3.8, 4) is 0 Å². The largest absolute Gasteiger partial charge is 0.337 e. The van der Waals surface area contributed by atoms with E-state index in [1.165, 1.54) is 0 Å². The predicted molar refractivity (Wildman–Crippen MR) is 90.7 cm³/mol. The van der Waals surface area contributed by atoms with Gasteiger partial charge in [0.2, 0.25) is 5.91 Å². The van der Waals surface area contributed by atoms with Gasteiger partial charge in [-0.15, -0.1) is 0 Å². The summed E-state index contributed by atoms with van der Waals surface area (Å²) in [5, 5.41) is 0.664. The Labute approximate surface area is 136 Å². The van der Waals surface area contributed by atoms with Gasteiger partial charge in [-0.2, -0.15) is 0 Å². The zero-order chi connectivity index (χ0) is 16.1. The summed E-state index contributed by atoms with van der Waals surface area (Å²) >= 11 is 6.17. The Bertz CT molecular complexity index is 640. The van der Waals surface area contributed by atoms with E-state index < -0.39 is 6.04 Å². The molecule has 4 heteroatoms. The van der Waals surface area contributed by atoms with Crippen molar-refractivity contribution in [1.82, 2.24) is 4.90 Å². The highest BCUT2D eigenvalue weighted by atomic mass is 35.5. The molecule has 0 bridgehead atoms. The van der Waals surface area contributed by atoms with E-state index in [0.29, 0.717) is 18.1 Å². The molecule has 2 aromatic carbocycles. The number of amides is 1. The Balaban J connectivity index is 2.14. The third kappa shape index (κ3) is 3.87. The molecule has 1 atom stereocenters. The molecule has 0 saturated carbocycles. The molecule has 3 nitrogen and oxygen atoms in total. The molecule has 0 aliphatic heterocycles. The maximum absolute atomic E-state index is 12.6. The van der Waals surface area contributed by atoms with Crippen LogP contribution in [0, 0.1) is 6.92 Å². The van der Waals surface area contributed by atoms with Crippen LogP contribution in [-0.2, 0) is 11.3 Å². The normalized spacial score (nSPS) is 12.0. The van der Waals surface area contributed by atoms with Gasteiger partial charge in [0.1, 0.15) is 6.04 Å². The second kappa shape index (κ2) is 7.43. The fourth-order valence-corrected chi connectivity index (χ4v) is 2.49. The van der Waals surface area contributed by atoms with Gasteiger partial charge >= 0.3 is 0 Å². The topological polar surface area (TPSA) is 46.3 Å². The molecule has 0 aliphatic carbocycles. The summed E-state index contributed by atoms with van der Waals surface area (Å²) in [7, 11) is 0. The number of aryl methyl sites for hydroxylation is 1. The average molecular weight is 317 g/mol. The van der Waals surface area contributed by atoms with E-state index in [1.807, 2.05) is 62.4 Å². The van der Waals surface area contributed by atoms with Crippen molar-refractivity contribution >= 4 is 17.5 Å². The van der Waals surface area contributed by atoms with E-state index in [4.69, 9.17) is 17.3 Å². The molecule has 2 aromatic rings. The fourth-order valence-electron chi connectivity index (χ4n) is 2.29. The second-order valence-corrected chi connectivity index (χ2v) is 5.74. The molecule has 2 N–H and O–H groups in total. The van der Waals surface area contributed by atoms with E-state index in [1.54, 1.807) is 4.90 Å². The highest BCUT2D eigenvalue weighted by Crippen LogP contribution is 2.20. The van der Waals surface area contributed by atoms with E-state index in [2.05, 4.69) is 0 Å². The summed E-state index contributed by atoms with van der Waals surface area (Å²) < 4.78 is 0. The summed E-state index contributed by atoms with van der Waals surface area (Å²) in [6.45, 7) is 5.00. The van der Waals surface area contributed by atoms with Crippen LogP contribution >= 0.6 is 11.6 Å². The highest BCUT2D eigenvalue weighted by Gasteiger charge is 2.22. The van der Waals surface area contributed by atoms with Gasteiger partial charge in [0.15, 0.2) is 0 Å². The van der Waals surface area contributed by atoms with Gasteiger partial charge in [-0.25, -0.2) is 0 Å². The SMILES string of the molecule is CCN(Cc1ccccc1Cl)C(=O)C(N)c1ccc(C)cc1. The Hall–Kier alpha value is -1.84. The number of halogens is 1. The number of nitrogens with two attached hydrogens (primary N) is 1. The molecule has 0 saturated heterocycles. The Morgan fingerprint density at radius 2 is 1.82 bits per heavy atom. The lowest BCUT2D eigenvalue weighted by Crippen LogP contribution is -2.38. The molecule has 22 heavy (non-hydrogen) atoms. The monoisotopic (exact) mass is 316 g/mol. The number of carbonyl (C=O) groups is 1. The molecule has 0 radical (unpaired) electrons. The summed E-state index contributed by atoms with van der Waals surface area (Å²) in [5.74, 6) is -0.0914. The van der Waals surface area contributed by atoms with Crippen molar-refractivity contribution in [2.24, 2.45) is 5.73 Å². The first-order chi connectivity index (χ1) is 10.5. The van der Waals surface area contributed by atoms with Crippen LogP contribution in [-0.4, -0.2) is 17.4 Å². The minimum absolute atomic E-state index is 0.0914. The van der Waals surface area contributed by atoms with Crippen molar-refractivity contribution in [1.29, 1.82) is 0 Å². The lowest BCUT2D eigenvalue weighted by Gasteiger charge is -2.25. The minimum atomic E-state index is -0.650. The third-order valence-corrected chi connectivity index (χ3v) is 4.08. The van der Waals surface area contributed by atoms with Crippen LogP contribution in [0.4, 0.5) is 0 Å². The van der Waals surface area contributed by atoms with Crippen LogP contribution in [0.5, 0.6) is 0 Å². The van der Waals surface area contributed by atoms with Crippen LogP contribution in [0.2, 0.25) is 5.02 Å². The smallest absolute Gasteiger partial charge is 0.244 e. The number of rotatable bonds is 5. The molecule has 1 amide bonds. The second-order valence-electron chi connectivity index (χ2n) is 5.33. The van der Waals surface area contributed by atoms with Gasteiger partial charge in [0, 0.05) is 18.1 Å². The standard InChI is InChI=1S/C18H21ClN2O/c1-3-21(12-15-6-4-5-7-16(15)19)18(22)17(20)14-10-8-13(2)9-11-14/h4-11,17H,3,12,20H2,1-2H3. The predicted octanol–water partition coefficient (Wildman–Crippen LogP) is 3.70. The molecular weight excluding hydrogens is 296 g/mol. The molecule has 0 aromatic heterocycles. The molecule has 0 aliphatic rings. The molecule has 0 spiro atoms. The maximum atomic E-state index is 12.6. The van der Waals surface area contributed by atoms with Crippen molar-refractivity contribution in [3.05, 3.63) is 70.2 Å². The van der Waals surface area contributed by atoms with Gasteiger partial charge in [-0.05, 0) is 31.0 Å². The van der Waals surface area contributed by atoms with Gasteiger partial charge in [-0.1, -0.05) is 59.6 Å². The van der Waals surface area contributed by atoms with Crippen LogP contribution in [0.15, 0.2) is 48.5 Å². The van der Waals surface area contributed by atoms with Gasteiger partial charge < -0.3 is 10.6 Å². The first-order valence-electron chi connectivity index (χ1n) is 7.37. The van der Waals surface area contributed by atoms with E-state index >= 15 is 0 Å². The first kappa shape index (κ1) is 16.5. The third-order valence-electron chi connectivity index (χ3n) is 3.71. The van der Waals surface area contributed by atoms with Crippen molar-refractivity contribution < 1.29 is 4.79 Å². The molecule has 0 fully saturated rings. The zero-order valence-electron chi connectivity index (χ0n) is 12.9. The van der Waals surface area contributed by atoms with Crippen LogP contribution in [0.25, 0.3) is 0 Å². The van der Waals surface area contributed by atoms with Gasteiger partial charge in [0.25, 0.3) is 0 Å². The zero-order valence-corrected chi connectivity index (χ0v) is 13.7. The van der Waals surface area contributed by atoms with Gasteiger partial charge in [-0.3, -0.25) is 4.79 Å². The quantitative estimate of drug-likeness (QED) is 0.914. The van der Waals surface area contributed by atoms with E-state index in [9.17, 15) is 4.79 Å². The fraction of sp³-hybridized carbons (Fsp3) is 0.278. The molecule has 2 rings (SSSR count). The number of hydrogen-bond acceptors (Lipinski definition) is 2. The number of nitrogens with zero attached hydrogens (tertiary/aromatic N) is 1. The molecular formula is C18H21ClN2O. The van der Waals surface area contributed by atoms with Crippen molar-refractivity contribution in [2.75, 3.05) is 6.54 Å². The summed E-state index contributed by atoms with van der Waals surface area (Å²) in [6.07, 6.45) is 0. The van der Waals surface area contributed by atoms with Crippen molar-refractivity contribution in [3.63, 3.8) is 0 Å². The first-order valence-corrected chi connectivity index (χ1v) is 7.75. The average Bonchev–Trinajstić information content (AvgIpc) is 2.53. The number of hydrogen-bond donors (Lipinski definition) is 1. The van der Waals surface area contributed by atoms with Crippen molar-refractivity contribution in [2.45, 2.75) is 26.4 Å². The number of benzene rings is 2. The Kier molecular flexibility index (Phi) is 5.58. The van der Waals surface area contributed by atoms with Crippen LogP contribution in [0.1, 0.15) is 29.7 Å². The summed E-state index contributed by atoms with van der Waals surface area (Å²) in [4.78, 5) is 14.4. The van der Waals surface area contributed by atoms with Crippen LogP contribution in [0.3, 0.4) is 0 Å².